The van der Waals surface area contributed by atoms with Crippen LogP contribution in [0.1, 0.15) is 23.6 Å². The number of imidazole rings is 1. The fourth-order valence-corrected chi connectivity index (χ4v) is 3.02. The first kappa shape index (κ1) is 14.6. The number of carbonyl (C=O) groups excluding carboxylic acids is 1. The Balaban J connectivity index is 1.86. The number of hydrogen-bond donors (Lipinski definition) is 1. The molecule has 0 unspecified atom stereocenters. The van der Waals surface area contributed by atoms with E-state index in [0.29, 0.717) is 11.5 Å². The molecule has 0 radical (unpaired) electrons. The van der Waals surface area contributed by atoms with Crippen molar-refractivity contribution in [2.45, 2.75) is 12.3 Å². The van der Waals surface area contributed by atoms with E-state index in [9.17, 15) is 13.6 Å². The summed E-state index contributed by atoms with van der Waals surface area (Å²) in [6, 6.07) is 12.7. The number of amides is 1. The number of nitrogens with one attached hydrogen (secondary N) is 1. The molecule has 2 heterocycles. The van der Waals surface area contributed by atoms with Crippen LogP contribution in [0.3, 0.4) is 0 Å². The Hall–Kier alpha value is -3.02. The van der Waals surface area contributed by atoms with Crippen LogP contribution in [-0.4, -0.2) is 15.5 Å². The van der Waals surface area contributed by atoms with Crippen molar-refractivity contribution in [2.24, 2.45) is 0 Å². The third-order valence-electron chi connectivity index (χ3n) is 4.14. The third kappa shape index (κ3) is 2.36. The number of fused-ring (bicyclic) bond motifs is 1. The smallest absolute Gasteiger partial charge is 0.226 e. The highest BCUT2D eigenvalue weighted by atomic mass is 19.1. The summed E-state index contributed by atoms with van der Waals surface area (Å²) in [7, 11) is 0. The SMILES string of the molecule is O=C1C[C@H](c2ccccc2)c2ncn(-c3cc(F)ccc3F)c2N1. The number of hydrogen-bond acceptors (Lipinski definition) is 2. The third-order valence-corrected chi connectivity index (χ3v) is 4.14. The van der Waals surface area contributed by atoms with E-state index < -0.39 is 11.6 Å². The van der Waals surface area contributed by atoms with Crippen LogP contribution in [-0.2, 0) is 4.79 Å². The summed E-state index contributed by atoms with van der Waals surface area (Å²) < 4.78 is 29.0. The van der Waals surface area contributed by atoms with Crippen molar-refractivity contribution in [1.29, 1.82) is 0 Å². The number of aromatic nitrogens is 2. The molecule has 1 N–H and O–H groups in total. The summed E-state index contributed by atoms with van der Waals surface area (Å²) >= 11 is 0. The largest absolute Gasteiger partial charge is 0.310 e. The maximum absolute atomic E-state index is 14.1. The van der Waals surface area contributed by atoms with Crippen LogP contribution in [0.4, 0.5) is 14.6 Å². The number of rotatable bonds is 2. The highest BCUT2D eigenvalue weighted by Gasteiger charge is 2.31. The Bertz CT molecular complexity index is 921. The molecule has 0 aliphatic carbocycles. The Morgan fingerprint density at radius 3 is 2.71 bits per heavy atom. The first-order valence-corrected chi connectivity index (χ1v) is 7.51. The summed E-state index contributed by atoms with van der Waals surface area (Å²) in [6.45, 7) is 0. The zero-order valence-electron chi connectivity index (χ0n) is 12.5. The van der Waals surface area contributed by atoms with Gasteiger partial charge in [0.1, 0.15) is 23.8 Å². The Kier molecular flexibility index (Phi) is 3.37. The van der Waals surface area contributed by atoms with E-state index in [1.54, 1.807) is 0 Å². The van der Waals surface area contributed by atoms with E-state index in [0.717, 1.165) is 23.8 Å². The van der Waals surface area contributed by atoms with Gasteiger partial charge in [-0.25, -0.2) is 13.8 Å². The summed E-state index contributed by atoms with van der Waals surface area (Å²) in [6.07, 6.45) is 1.67. The Morgan fingerprint density at radius 1 is 1.12 bits per heavy atom. The van der Waals surface area contributed by atoms with E-state index in [-0.39, 0.29) is 23.9 Å². The number of benzene rings is 2. The zero-order chi connectivity index (χ0) is 16.7. The topological polar surface area (TPSA) is 46.9 Å². The van der Waals surface area contributed by atoms with Gasteiger partial charge in [0.25, 0.3) is 0 Å². The molecule has 24 heavy (non-hydrogen) atoms. The molecule has 1 atom stereocenters. The van der Waals surface area contributed by atoms with Crippen LogP contribution in [0, 0.1) is 11.6 Å². The van der Waals surface area contributed by atoms with Crippen molar-refractivity contribution in [2.75, 3.05) is 5.32 Å². The lowest BCUT2D eigenvalue weighted by atomic mass is 9.90. The fraction of sp³-hybridized carbons (Fsp3) is 0.111. The van der Waals surface area contributed by atoms with Crippen molar-refractivity contribution < 1.29 is 13.6 Å². The quantitative estimate of drug-likeness (QED) is 0.782. The molecular formula is C18H13F2N3O. The van der Waals surface area contributed by atoms with E-state index in [1.165, 1.54) is 10.9 Å². The molecule has 1 aliphatic rings. The maximum atomic E-state index is 14.1. The lowest BCUT2D eigenvalue weighted by molar-refractivity contribution is -0.116. The molecule has 1 aromatic heterocycles. The minimum Gasteiger partial charge on any atom is -0.310 e. The monoisotopic (exact) mass is 325 g/mol. The van der Waals surface area contributed by atoms with Crippen molar-refractivity contribution in [3.63, 3.8) is 0 Å². The minimum atomic E-state index is -0.590. The number of anilines is 1. The maximum Gasteiger partial charge on any atom is 0.226 e. The second kappa shape index (κ2) is 5.56. The molecule has 0 saturated carbocycles. The zero-order valence-corrected chi connectivity index (χ0v) is 12.5. The van der Waals surface area contributed by atoms with Gasteiger partial charge in [0.15, 0.2) is 0 Å². The van der Waals surface area contributed by atoms with Gasteiger partial charge in [-0.15, -0.1) is 0 Å². The molecule has 0 spiro atoms. The Labute approximate surface area is 136 Å². The number of halogens is 2. The van der Waals surface area contributed by atoms with Crippen molar-refractivity contribution in [3.8, 4) is 5.69 Å². The van der Waals surface area contributed by atoms with Crippen LogP contribution in [0.5, 0.6) is 0 Å². The molecule has 4 nitrogen and oxygen atoms in total. The minimum absolute atomic E-state index is 0.0118. The van der Waals surface area contributed by atoms with E-state index >= 15 is 0 Å². The summed E-state index contributed by atoms with van der Waals surface area (Å²) in [4.78, 5) is 16.5. The lowest BCUT2D eigenvalue weighted by Gasteiger charge is -2.23. The van der Waals surface area contributed by atoms with E-state index in [4.69, 9.17) is 0 Å². The van der Waals surface area contributed by atoms with Crippen LogP contribution in [0.25, 0.3) is 5.69 Å². The van der Waals surface area contributed by atoms with Crippen molar-refractivity contribution in [3.05, 3.63) is 77.8 Å². The van der Waals surface area contributed by atoms with Gasteiger partial charge in [-0.1, -0.05) is 30.3 Å². The van der Waals surface area contributed by atoms with Gasteiger partial charge < -0.3 is 5.32 Å². The van der Waals surface area contributed by atoms with E-state index in [1.807, 2.05) is 30.3 Å². The van der Waals surface area contributed by atoms with Gasteiger partial charge in [0, 0.05) is 18.4 Å². The predicted octanol–water partition coefficient (Wildman–Crippen LogP) is 3.62. The normalized spacial score (nSPS) is 16.6. The van der Waals surface area contributed by atoms with E-state index in [2.05, 4.69) is 10.3 Å². The molecule has 1 amide bonds. The van der Waals surface area contributed by atoms with Crippen LogP contribution < -0.4 is 5.32 Å². The van der Waals surface area contributed by atoms with Gasteiger partial charge in [-0.3, -0.25) is 9.36 Å². The van der Waals surface area contributed by atoms with Crippen molar-refractivity contribution >= 4 is 11.7 Å². The highest BCUT2D eigenvalue weighted by molar-refractivity contribution is 5.94. The molecule has 0 bridgehead atoms. The van der Waals surface area contributed by atoms with Crippen LogP contribution in [0.15, 0.2) is 54.9 Å². The van der Waals surface area contributed by atoms with Gasteiger partial charge in [0.2, 0.25) is 5.91 Å². The standard InChI is InChI=1S/C18H13F2N3O/c19-12-6-7-14(20)15(8-12)23-10-21-17-13(9-16(24)22-18(17)23)11-4-2-1-3-5-11/h1-8,10,13H,9H2,(H,22,24)/t13-/m1/s1. The molecule has 4 rings (SSSR count). The summed E-state index contributed by atoms with van der Waals surface area (Å²) in [5.74, 6) is -1.17. The molecule has 120 valence electrons. The average Bonchev–Trinajstić information content (AvgIpc) is 3.00. The second-order valence-corrected chi connectivity index (χ2v) is 5.66. The summed E-state index contributed by atoms with van der Waals surface area (Å²) in [5.41, 5.74) is 1.61. The van der Waals surface area contributed by atoms with Crippen LogP contribution in [0.2, 0.25) is 0 Å². The molecule has 6 heteroatoms. The van der Waals surface area contributed by atoms with Gasteiger partial charge >= 0.3 is 0 Å². The summed E-state index contributed by atoms with van der Waals surface area (Å²) in [5, 5.41) is 2.73. The van der Waals surface area contributed by atoms with Crippen molar-refractivity contribution in [1.82, 2.24) is 9.55 Å². The molecule has 0 saturated heterocycles. The average molecular weight is 325 g/mol. The first-order chi connectivity index (χ1) is 11.6. The molecule has 2 aromatic carbocycles. The second-order valence-electron chi connectivity index (χ2n) is 5.66. The van der Waals surface area contributed by atoms with Gasteiger partial charge in [-0.2, -0.15) is 0 Å². The Morgan fingerprint density at radius 2 is 1.92 bits per heavy atom. The molecule has 3 aromatic rings. The number of carbonyl (C=O) groups is 1. The van der Waals surface area contributed by atoms with Gasteiger partial charge in [0.05, 0.1) is 11.4 Å². The molecule has 0 fully saturated rings. The fourth-order valence-electron chi connectivity index (χ4n) is 3.02. The highest BCUT2D eigenvalue weighted by Crippen LogP contribution is 2.37. The molecular weight excluding hydrogens is 312 g/mol. The predicted molar refractivity (Wildman–Crippen MR) is 85.0 cm³/mol. The molecule has 1 aliphatic heterocycles. The number of nitrogens with zero attached hydrogens (tertiary/aromatic N) is 2. The van der Waals surface area contributed by atoms with Crippen LogP contribution >= 0.6 is 0 Å². The van der Waals surface area contributed by atoms with Gasteiger partial charge in [-0.05, 0) is 17.7 Å². The lowest BCUT2D eigenvalue weighted by Crippen LogP contribution is -2.25. The first-order valence-electron chi connectivity index (χ1n) is 7.51.